The first-order valence-electron chi connectivity index (χ1n) is 5.69. The van der Waals surface area contributed by atoms with Gasteiger partial charge in [-0.25, -0.2) is 18.6 Å². The fraction of sp³-hybridized carbons (Fsp3) is 0.636. The van der Waals surface area contributed by atoms with Crippen LogP contribution in [0.4, 0.5) is 8.78 Å². The first-order chi connectivity index (χ1) is 8.15. The molecule has 0 aliphatic carbocycles. The molecule has 0 N–H and O–H groups in total. The largest absolute Gasteiger partial charge is 0.461 e. The highest BCUT2D eigenvalue weighted by Crippen LogP contribution is 2.27. The van der Waals surface area contributed by atoms with E-state index >= 15 is 0 Å². The van der Waals surface area contributed by atoms with Crippen LogP contribution in [0.25, 0.3) is 0 Å². The molecule has 0 unspecified atom stereocenters. The van der Waals surface area contributed by atoms with Crippen LogP contribution in [0.5, 0.6) is 0 Å². The quantitative estimate of drug-likeness (QED) is 0.766. The van der Waals surface area contributed by atoms with Crippen molar-refractivity contribution in [2.45, 2.75) is 39.2 Å². The van der Waals surface area contributed by atoms with E-state index in [-0.39, 0.29) is 12.3 Å². The minimum absolute atomic E-state index is 0.0726. The molecular formula is C11H14F2N2O2. The van der Waals surface area contributed by atoms with E-state index in [0.29, 0.717) is 18.8 Å². The van der Waals surface area contributed by atoms with Crippen molar-refractivity contribution in [3.63, 3.8) is 0 Å². The Hall–Kier alpha value is -1.46. The third kappa shape index (κ3) is 2.16. The van der Waals surface area contributed by atoms with Gasteiger partial charge >= 0.3 is 5.97 Å². The molecule has 2 heterocycles. The summed E-state index contributed by atoms with van der Waals surface area (Å²) in [6.45, 7) is 2.37. The Morgan fingerprint density at radius 2 is 2.29 bits per heavy atom. The highest BCUT2D eigenvalue weighted by molar-refractivity contribution is 5.89. The summed E-state index contributed by atoms with van der Waals surface area (Å²) in [6.07, 6.45) is -0.313. The van der Waals surface area contributed by atoms with Crippen LogP contribution in [0, 0.1) is 0 Å². The highest BCUT2D eigenvalue weighted by atomic mass is 19.3. The number of imidazole rings is 1. The van der Waals surface area contributed by atoms with Crippen LogP contribution in [0.3, 0.4) is 0 Å². The number of hydrogen-bond donors (Lipinski definition) is 0. The standard InChI is InChI=1S/C11H14F2N2O2/c1-2-17-11(16)9-8(10(12)13)14-7-5-3-4-6-15(7)9/h10H,2-6H2,1H3. The number of alkyl halides is 2. The monoisotopic (exact) mass is 244 g/mol. The number of carbonyl (C=O) groups excluding carboxylic acids is 1. The number of halogens is 2. The van der Waals surface area contributed by atoms with Gasteiger partial charge in [-0.15, -0.1) is 0 Å². The zero-order chi connectivity index (χ0) is 12.4. The summed E-state index contributed by atoms with van der Waals surface area (Å²) in [7, 11) is 0. The minimum atomic E-state index is -2.74. The number of aromatic nitrogens is 2. The van der Waals surface area contributed by atoms with Gasteiger partial charge in [0.25, 0.3) is 6.43 Å². The Bertz CT molecular complexity index is 429. The SMILES string of the molecule is CCOC(=O)c1c(C(F)F)nc2n1CCCC2. The first-order valence-corrected chi connectivity index (χ1v) is 5.69. The average Bonchev–Trinajstić information content (AvgIpc) is 2.68. The summed E-state index contributed by atoms with van der Waals surface area (Å²) in [6, 6.07) is 0. The van der Waals surface area contributed by atoms with E-state index < -0.39 is 18.1 Å². The number of aryl methyl sites for hydroxylation is 1. The topological polar surface area (TPSA) is 44.1 Å². The van der Waals surface area contributed by atoms with Crippen LogP contribution in [-0.2, 0) is 17.7 Å². The van der Waals surface area contributed by atoms with Crippen LogP contribution in [0.2, 0.25) is 0 Å². The lowest BCUT2D eigenvalue weighted by Gasteiger charge is -2.15. The van der Waals surface area contributed by atoms with E-state index in [2.05, 4.69) is 4.98 Å². The summed E-state index contributed by atoms with van der Waals surface area (Å²) < 4.78 is 32.0. The molecule has 6 heteroatoms. The molecule has 0 spiro atoms. The van der Waals surface area contributed by atoms with Gasteiger partial charge in [-0.05, 0) is 19.8 Å². The lowest BCUT2D eigenvalue weighted by Crippen LogP contribution is -2.18. The van der Waals surface area contributed by atoms with Gasteiger partial charge < -0.3 is 9.30 Å². The molecular weight excluding hydrogens is 230 g/mol. The molecule has 2 rings (SSSR count). The fourth-order valence-corrected chi connectivity index (χ4v) is 2.07. The summed E-state index contributed by atoms with van der Waals surface area (Å²) in [5, 5.41) is 0. The van der Waals surface area contributed by atoms with Crippen molar-refractivity contribution in [3.8, 4) is 0 Å². The van der Waals surface area contributed by atoms with E-state index in [1.54, 1.807) is 11.5 Å². The first kappa shape index (κ1) is 12.0. The molecule has 0 atom stereocenters. The zero-order valence-electron chi connectivity index (χ0n) is 9.58. The van der Waals surface area contributed by atoms with Crippen molar-refractivity contribution >= 4 is 5.97 Å². The molecule has 0 aromatic carbocycles. The maximum absolute atomic E-state index is 12.8. The molecule has 94 valence electrons. The number of esters is 1. The number of carbonyl (C=O) groups is 1. The van der Waals surface area contributed by atoms with Gasteiger partial charge in [-0.2, -0.15) is 0 Å². The molecule has 0 radical (unpaired) electrons. The van der Waals surface area contributed by atoms with Gasteiger partial charge in [0.05, 0.1) is 6.61 Å². The molecule has 1 aliphatic heterocycles. The molecule has 0 fully saturated rings. The van der Waals surface area contributed by atoms with E-state index in [4.69, 9.17) is 4.74 Å². The van der Waals surface area contributed by atoms with Gasteiger partial charge in [0.1, 0.15) is 11.5 Å². The van der Waals surface area contributed by atoms with Crippen molar-refractivity contribution in [1.82, 2.24) is 9.55 Å². The molecule has 0 amide bonds. The zero-order valence-corrected chi connectivity index (χ0v) is 9.58. The van der Waals surface area contributed by atoms with Crippen molar-refractivity contribution < 1.29 is 18.3 Å². The van der Waals surface area contributed by atoms with Gasteiger partial charge in [0.15, 0.2) is 5.69 Å². The molecule has 17 heavy (non-hydrogen) atoms. The molecule has 1 aromatic heterocycles. The maximum Gasteiger partial charge on any atom is 0.357 e. The van der Waals surface area contributed by atoms with Crippen molar-refractivity contribution in [1.29, 1.82) is 0 Å². The van der Waals surface area contributed by atoms with Gasteiger partial charge in [-0.3, -0.25) is 0 Å². The summed E-state index contributed by atoms with van der Waals surface area (Å²) in [4.78, 5) is 15.6. The molecule has 1 aliphatic rings. The Labute approximate surface area is 97.6 Å². The number of fused-ring (bicyclic) bond motifs is 1. The van der Waals surface area contributed by atoms with Crippen molar-refractivity contribution in [2.24, 2.45) is 0 Å². The lowest BCUT2D eigenvalue weighted by molar-refractivity contribution is 0.0500. The summed E-state index contributed by atoms with van der Waals surface area (Å²) >= 11 is 0. The van der Waals surface area contributed by atoms with Crippen LogP contribution in [0.15, 0.2) is 0 Å². The van der Waals surface area contributed by atoms with Gasteiger partial charge in [0.2, 0.25) is 0 Å². The summed E-state index contributed by atoms with van der Waals surface area (Å²) in [5.41, 5.74) is -0.517. The Morgan fingerprint density at radius 3 is 2.94 bits per heavy atom. The predicted octanol–water partition coefficient (Wildman–Crippen LogP) is 2.33. The van der Waals surface area contributed by atoms with E-state index in [0.717, 1.165) is 12.8 Å². The van der Waals surface area contributed by atoms with E-state index in [1.807, 2.05) is 0 Å². The smallest absolute Gasteiger partial charge is 0.357 e. The average molecular weight is 244 g/mol. The number of rotatable bonds is 3. The summed E-state index contributed by atoms with van der Waals surface area (Å²) in [5.74, 6) is -0.141. The molecule has 4 nitrogen and oxygen atoms in total. The molecule has 0 saturated carbocycles. The maximum atomic E-state index is 12.8. The van der Waals surface area contributed by atoms with Crippen molar-refractivity contribution in [2.75, 3.05) is 6.61 Å². The van der Waals surface area contributed by atoms with E-state index in [1.165, 1.54) is 0 Å². The second-order valence-electron chi connectivity index (χ2n) is 3.89. The second-order valence-corrected chi connectivity index (χ2v) is 3.89. The van der Waals surface area contributed by atoms with Crippen molar-refractivity contribution in [3.05, 3.63) is 17.2 Å². The Balaban J connectivity index is 2.45. The second kappa shape index (κ2) is 4.81. The third-order valence-corrected chi connectivity index (χ3v) is 2.78. The van der Waals surface area contributed by atoms with Gasteiger partial charge in [0, 0.05) is 13.0 Å². The van der Waals surface area contributed by atoms with Crippen LogP contribution < -0.4 is 0 Å². The predicted molar refractivity (Wildman–Crippen MR) is 56.1 cm³/mol. The lowest BCUT2D eigenvalue weighted by atomic mass is 10.1. The Morgan fingerprint density at radius 1 is 1.53 bits per heavy atom. The van der Waals surface area contributed by atoms with Gasteiger partial charge in [-0.1, -0.05) is 0 Å². The normalized spacial score (nSPS) is 14.8. The molecule has 1 aromatic rings. The molecule has 0 bridgehead atoms. The minimum Gasteiger partial charge on any atom is -0.461 e. The fourth-order valence-electron chi connectivity index (χ4n) is 2.07. The third-order valence-electron chi connectivity index (χ3n) is 2.78. The van der Waals surface area contributed by atoms with Crippen LogP contribution in [0.1, 0.15) is 48.2 Å². The molecule has 0 saturated heterocycles. The Kier molecular flexibility index (Phi) is 3.40. The van der Waals surface area contributed by atoms with E-state index in [9.17, 15) is 13.6 Å². The number of nitrogens with zero attached hydrogens (tertiary/aromatic N) is 2. The highest BCUT2D eigenvalue weighted by Gasteiger charge is 2.29. The van der Waals surface area contributed by atoms with Crippen LogP contribution >= 0.6 is 0 Å². The number of ether oxygens (including phenoxy) is 1. The number of hydrogen-bond acceptors (Lipinski definition) is 3. The van der Waals surface area contributed by atoms with Crippen LogP contribution in [-0.4, -0.2) is 22.1 Å².